The molecule has 1 heterocycles. The van der Waals surface area contributed by atoms with Crippen LogP contribution in [-0.2, 0) is 0 Å². The third-order valence-electron chi connectivity index (χ3n) is 2.29. The van der Waals surface area contributed by atoms with E-state index in [4.69, 9.17) is 27.9 Å². The number of aromatic nitrogens is 1. The minimum absolute atomic E-state index is 0.0403. The lowest BCUT2D eigenvalue weighted by Crippen LogP contribution is -1.88. The molecule has 0 spiro atoms. The molecule has 0 saturated carbocycles. The molecule has 0 aliphatic carbocycles. The number of phenols is 1. The zero-order valence-corrected chi connectivity index (χ0v) is 10.5. The molecule has 0 atom stereocenters. The third kappa shape index (κ3) is 2.46. The van der Waals surface area contributed by atoms with E-state index in [9.17, 15) is 5.11 Å². The van der Waals surface area contributed by atoms with Crippen molar-refractivity contribution >= 4 is 23.2 Å². The van der Waals surface area contributed by atoms with Crippen molar-refractivity contribution in [2.45, 2.75) is 0 Å². The van der Waals surface area contributed by atoms with Crippen molar-refractivity contribution in [1.29, 1.82) is 0 Å². The molecule has 2 aromatic rings. The van der Waals surface area contributed by atoms with Crippen LogP contribution in [-0.4, -0.2) is 17.2 Å². The highest BCUT2D eigenvalue weighted by Gasteiger charge is 2.09. The monoisotopic (exact) mass is 269 g/mol. The van der Waals surface area contributed by atoms with Gasteiger partial charge in [0.05, 0.1) is 17.2 Å². The number of aromatic hydroxyl groups is 1. The molecular weight excluding hydrogens is 261 g/mol. The second-order valence-electron chi connectivity index (χ2n) is 3.37. The molecule has 1 aromatic heterocycles. The Morgan fingerprint density at radius 3 is 2.65 bits per heavy atom. The molecule has 17 heavy (non-hydrogen) atoms. The fourth-order valence-electron chi connectivity index (χ4n) is 1.45. The van der Waals surface area contributed by atoms with E-state index < -0.39 is 0 Å². The maximum Gasteiger partial charge on any atom is 0.213 e. The smallest absolute Gasteiger partial charge is 0.213 e. The molecule has 0 unspecified atom stereocenters. The Balaban J connectivity index is 2.56. The number of benzene rings is 1. The van der Waals surface area contributed by atoms with Gasteiger partial charge in [0.15, 0.2) is 0 Å². The number of methoxy groups -OCH3 is 1. The van der Waals surface area contributed by atoms with Gasteiger partial charge in [0.2, 0.25) is 5.88 Å². The Bertz CT molecular complexity index is 558. The van der Waals surface area contributed by atoms with Gasteiger partial charge in [-0.2, -0.15) is 0 Å². The fraction of sp³-hybridized carbons (Fsp3) is 0.0833. The summed E-state index contributed by atoms with van der Waals surface area (Å²) < 4.78 is 5.03. The first-order valence-electron chi connectivity index (χ1n) is 4.80. The quantitative estimate of drug-likeness (QED) is 0.903. The molecule has 0 fully saturated rings. The van der Waals surface area contributed by atoms with E-state index in [2.05, 4.69) is 4.98 Å². The molecule has 2 rings (SSSR count). The average Bonchev–Trinajstić information content (AvgIpc) is 2.34. The molecule has 0 radical (unpaired) electrons. The van der Waals surface area contributed by atoms with Crippen LogP contribution < -0.4 is 4.74 Å². The fourth-order valence-corrected chi connectivity index (χ4v) is 1.88. The average molecular weight is 270 g/mol. The van der Waals surface area contributed by atoms with Crippen molar-refractivity contribution in [2.75, 3.05) is 7.11 Å². The van der Waals surface area contributed by atoms with E-state index in [0.29, 0.717) is 10.9 Å². The van der Waals surface area contributed by atoms with Crippen LogP contribution in [0.4, 0.5) is 0 Å². The Morgan fingerprint density at radius 2 is 1.94 bits per heavy atom. The van der Waals surface area contributed by atoms with Crippen molar-refractivity contribution in [3.63, 3.8) is 0 Å². The van der Waals surface area contributed by atoms with Gasteiger partial charge in [-0.25, -0.2) is 4.98 Å². The molecule has 0 aliphatic heterocycles. The molecule has 0 aliphatic rings. The van der Waals surface area contributed by atoms with Crippen LogP contribution >= 0.6 is 23.2 Å². The number of rotatable bonds is 2. The standard InChI is InChI=1S/C12H9Cl2NO2/c1-17-12-4-7(2-3-15-12)8-5-10(14)11(16)6-9(8)13/h2-6,16H,1H3. The minimum Gasteiger partial charge on any atom is -0.506 e. The van der Waals surface area contributed by atoms with Gasteiger partial charge in [0.25, 0.3) is 0 Å². The van der Waals surface area contributed by atoms with Gasteiger partial charge in [0.1, 0.15) is 5.75 Å². The zero-order chi connectivity index (χ0) is 12.4. The van der Waals surface area contributed by atoms with Crippen LogP contribution in [0.2, 0.25) is 10.0 Å². The van der Waals surface area contributed by atoms with E-state index in [1.807, 2.05) is 0 Å². The zero-order valence-electron chi connectivity index (χ0n) is 8.95. The van der Waals surface area contributed by atoms with Gasteiger partial charge in [-0.1, -0.05) is 23.2 Å². The van der Waals surface area contributed by atoms with Gasteiger partial charge in [-0.05, 0) is 17.7 Å². The van der Waals surface area contributed by atoms with Crippen LogP contribution in [0.1, 0.15) is 0 Å². The van der Waals surface area contributed by atoms with Crippen LogP contribution in [0, 0.1) is 0 Å². The summed E-state index contributed by atoms with van der Waals surface area (Å²) in [6.45, 7) is 0. The highest BCUT2D eigenvalue weighted by molar-refractivity contribution is 6.36. The summed E-state index contributed by atoms with van der Waals surface area (Å²) >= 11 is 11.9. The Kier molecular flexibility index (Phi) is 3.41. The summed E-state index contributed by atoms with van der Waals surface area (Å²) in [6, 6.07) is 6.55. The molecule has 1 aromatic carbocycles. The molecule has 0 amide bonds. The topological polar surface area (TPSA) is 42.4 Å². The number of halogens is 2. The highest BCUT2D eigenvalue weighted by Crippen LogP contribution is 2.36. The summed E-state index contributed by atoms with van der Waals surface area (Å²) in [5, 5.41) is 10.1. The number of phenolic OH excluding ortho intramolecular Hbond substituents is 1. The van der Waals surface area contributed by atoms with Crippen LogP contribution in [0.25, 0.3) is 11.1 Å². The van der Waals surface area contributed by atoms with E-state index in [-0.39, 0.29) is 10.8 Å². The molecule has 88 valence electrons. The molecule has 0 bridgehead atoms. The number of nitrogens with zero attached hydrogens (tertiary/aromatic N) is 1. The number of hydrogen-bond acceptors (Lipinski definition) is 3. The summed E-state index contributed by atoms with van der Waals surface area (Å²) in [7, 11) is 1.54. The maximum atomic E-state index is 9.42. The number of ether oxygens (including phenoxy) is 1. The Labute approximate surface area is 109 Å². The predicted molar refractivity (Wildman–Crippen MR) is 67.9 cm³/mol. The second-order valence-corrected chi connectivity index (χ2v) is 4.18. The molecule has 3 nitrogen and oxygen atoms in total. The van der Waals surface area contributed by atoms with Crippen molar-refractivity contribution in [2.24, 2.45) is 0 Å². The van der Waals surface area contributed by atoms with Crippen LogP contribution in [0.5, 0.6) is 11.6 Å². The van der Waals surface area contributed by atoms with Crippen LogP contribution in [0.15, 0.2) is 30.5 Å². The van der Waals surface area contributed by atoms with E-state index in [0.717, 1.165) is 11.1 Å². The molecule has 1 N–H and O–H groups in total. The van der Waals surface area contributed by atoms with Crippen molar-refractivity contribution in [3.8, 4) is 22.8 Å². The lowest BCUT2D eigenvalue weighted by molar-refractivity contribution is 0.398. The Hall–Kier alpha value is -1.45. The van der Waals surface area contributed by atoms with Crippen LogP contribution in [0.3, 0.4) is 0 Å². The van der Waals surface area contributed by atoms with Gasteiger partial charge < -0.3 is 9.84 Å². The van der Waals surface area contributed by atoms with Gasteiger partial charge in [-0.15, -0.1) is 0 Å². The van der Waals surface area contributed by atoms with Crippen molar-refractivity contribution in [3.05, 3.63) is 40.5 Å². The van der Waals surface area contributed by atoms with Gasteiger partial charge >= 0.3 is 0 Å². The minimum atomic E-state index is -0.0403. The van der Waals surface area contributed by atoms with E-state index in [1.165, 1.54) is 13.2 Å². The first kappa shape index (κ1) is 12.0. The summed E-state index contributed by atoms with van der Waals surface area (Å²) in [4.78, 5) is 4.01. The first-order valence-corrected chi connectivity index (χ1v) is 5.56. The third-order valence-corrected chi connectivity index (χ3v) is 2.91. The Morgan fingerprint density at radius 1 is 1.18 bits per heavy atom. The highest BCUT2D eigenvalue weighted by atomic mass is 35.5. The summed E-state index contributed by atoms with van der Waals surface area (Å²) in [6.07, 6.45) is 1.62. The van der Waals surface area contributed by atoms with E-state index >= 15 is 0 Å². The SMILES string of the molecule is COc1cc(-c2cc(Cl)c(O)cc2Cl)ccn1. The first-order chi connectivity index (χ1) is 8.11. The summed E-state index contributed by atoms with van der Waals surface area (Å²) in [5.41, 5.74) is 1.54. The second kappa shape index (κ2) is 4.82. The normalized spacial score (nSPS) is 10.3. The van der Waals surface area contributed by atoms with E-state index in [1.54, 1.807) is 24.4 Å². The lowest BCUT2D eigenvalue weighted by atomic mass is 10.1. The lowest BCUT2D eigenvalue weighted by Gasteiger charge is -2.07. The van der Waals surface area contributed by atoms with Gasteiger partial charge in [0, 0.05) is 23.9 Å². The number of hydrogen-bond donors (Lipinski definition) is 1. The van der Waals surface area contributed by atoms with Gasteiger partial charge in [-0.3, -0.25) is 0 Å². The largest absolute Gasteiger partial charge is 0.506 e. The number of pyridine rings is 1. The molecule has 5 heteroatoms. The molecular formula is C12H9Cl2NO2. The maximum absolute atomic E-state index is 9.42. The van der Waals surface area contributed by atoms with Crippen molar-refractivity contribution in [1.82, 2.24) is 4.98 Å². The summed E-state index contributed by atoms with van der Waals surface area (Å²) in [5.74, 6) is 0.448. The predicted octanol–water partition coefficient (Wildman–Crippen LogP) is 3.77. The molecule has 0 saturated heterocycles. The van der Waals surface area contributed by atoms with Crippen molar-refractivity contribution < 1.29 is 9.84 Å².